The van der Waals surface area contributed by atoms with Gasteiger partial charge in [0, 0.05) is 31.8 Å². The second-order valence-electron chi connectivity index (χ2n) is 6.93. The van der Waals surface area contributed by atoms with Gasteiger partial charge in [-0.25, -0.2) is 4.39 Å². The zero-order valence-corrected chi connectivity index (χ0v) is 16.7. The molecule has 0 saturated carbocycles. The van der Waals surface area contributed by atoms with Gasteiger partial charge in [-0.15, -0.1) is 0 Å². The number of halogens is 1. The molecule has 6 heteroatoms. The van der Waals surface area contributed by atoms with Crippen LogP contribution in [0.1, 0.15) is 24.0 Å². The predicted molar refractivity (Wildman–Crippen MR) is 106 cm³/mol. The van der Waals surface area contributed by atoms with Gasteiger partial charge < -0.3 is 18.9 Å². The zero-order valence-electron chi connectivity index (χ0n) is 16.7. The standard InChI is InChI=1S/C22H28FNO4/c1-25-20-11-16(12-21(26-2)22(20)27-3)13-24(15-18-8-6-10-28-18)14-17-7-4-5-9-19(17)23/h4-5,7,9,11-12,18H,6,8,10,13-15H2,1-3H3. The van der Waals surface area contributed by atoms with Gasteiger partial charge in [0.05, 0.1) is 27.4 Å². The summed E-state index contributed by atoms with van der Waals surface area (Å²) in [7, 11) is 4.79. The average molecular weight is 389 g/mol. The van der Waals surface area contributed by atoms with E-state index in [0.717, 1.165) is 31.6 Å². The Bertz CT molecular complexity index is 752. The van der Waals surface area contributed by atoms with Crippen LogP contribution in [0.3, 0.4) is 0 Å². The molecule has 1 aliphatic rings. The topological polar surface area (TPSA) is 40.2 Å². The molecule has 5 nitrogen and oxygen atoms in total. The molecule has 3 rings (SSSR count). The van der Waals surface area contributed by atoms with E-state index in [0.29, 0.717) is 35.9 Å². The molecule has 0 bridgehead atoms. The highest BCUT2D eigenvalue weighted by Crippen LogP contribution is 2.38. The van der Waals surface area contributed by atoms with Crippen LogP contribution >= 0.6 is 0 Å². The van der Waals surface area contributed by atoms with E-state index in [1.54, 1.807) is 27.4 Å². The highest BCUT2D eigenvalue weighted by Gasteiger charge is 2.22. The molecule has 1 atom stereocenters. The van der Waals surface area contributed by atoms with Crippen LogP contribution in [0.4, 0.5) is 4.39 Å². The van der Waals surface area contributed by atoms with E-state index in [4.69, 9.17) is 18.9 Å². The van der Waals surface area contributed by atoms with Gasteiger partial charge >= 0.3 is 0 Å². The molecule has 152 valence electrons. The lowest BCUT2D eigenvalue weighted by atomic mass is 10.1. The first-order chi connectivity index (χ1) is 13.6. The van der Waals surface area contributed by atoms with E-state index >= 15 is 0 Å². The number of hydrogen-bond acceptors (Lipinski definition) is 5. The highest BCUT2D eigenvalue weighted by atomic mass is 19.1. The maximum Gasteiger partial charge on any atom is 0.203 e. The maximum absolute atomic E-state index is 14.2. The summed E-state index contributed by atoms with van der Waals surface area (Å²) in [4.78, 5) is 2.20. The molecule has 0 aliphatic carbocycles. The van der Waals surface area contributed by atoms with Gasteiger partial charge in [-0.1, -0.05) is 18.2 Å². The van der Waals surface area contributed by atoms with E-state index in [1.165, 1.54) is 6.07 Å². The van der Waals surface area contributed by atoms with Crippen molar-refractivity contribution < 1.29 is 23.3 Å². The van der Waals surface area contributed by atoms with Crippen LogP contribution in [0, 0.1) is 5.82 Å². The molecular weight excluding hydrogens is 361 g/mol. The molecule has 0 N–H and O–H groups in total. The van der Waals surface area contributed by atoms with Gasteiger partial charge in [0.1, 0.15) is 5.82 Å². The molecule has 1 aliphatic heterocycles. The van der Waals surface area contributed by atoms with Gasteiger partial charge in [0.15, 0.2) is 11.5 Å². The van der Waals surface area contributed by atoms with E-state index in [1.807, 2.05) is 24.3 Å². The summed E-state index contributed by atoms with van der Waals surface area (Å²) in [5.74, 6) is 1.60. The number of hydrogen-bond donors (Lipinski definition) is 0. The van der Waals surface area contributed by atoms with Crippen LogP contribution in [-0.4, -0.2) is 45.5 Å². The fourth-order valence-electron chi connectivity index (χ4n) is 3.61. The third-order valence-electron chi connectivity index (χ3n) is 4.97. The normalized spacial score (nSPS) is 16.4. The lowest BCUT2D eigenvalue weighted by Gasteiger charge is -2.26. The van der Waals surface area contributed by atoms with E-state index in [9.17, 15) is 4.39 Å². The smallest absolute Gasteiger partial charge is 0.203 e. The Morgan fingerprint density at radius 1 is 1.04 bits per heavy atom. The summed E-state index contributed by atoms with van der Waals surface area (Å²) in [5, 5.41) is 0. The fourth-order valence-corrected chi connectivity index (χ4v) is 3.61. The van der Waals surface area contributed by atoms with Crippen molar-refractivity contribution in [2.24, 2.45) is 0 Å². The van der Waals surface area contributed by atoms with Crippen LogP contribution in [-0.2, 0) is 17.8 Å². The van der Waals surface area contributed by atoms with Gasteiger partial charge in [0.2, 0.25) is 5.75 Å². The minimum absolute atomic E-state index is 0.175. The molecule has 1 saturated heterocycles. The Hall–Kier alpha value is -2.31. The van der Waals surface area contributed by atoms with E-state index in [2.05, 4.69) is 4.90 Å². The summed E-state index contributed by atoms with van der Waals surface area (Å²) in [6.45, 7) is 2.65. The third kappa shape index (κ3) is 4.94. The summed E-state index contributed by atoms with van der Waals surface area (Å²) >= 11 is 0. The van der Waals surface area contributed by atoms with Crippen LogP contribution in [0.2, 0.25) is 0 Å². The zero-order chi connectivity index (χ0) is 19.9. The summed E-state index contributed by atoms with van der Waals surface area (Å²) in [5.41, 5.74) is 1.68. The Kier molecular flexibility index (Phi) is 7.12. The second kappa shape index (κ2) is 9.75. The summed E-state index contributed by atoms with van der Waals surface area (Å²) in [6.07, 6.45) is 2.28. The largest absolute Gasteiger partial charge is 0.493 e. The lowest BCUT2D eigenvalue weighted by molar-refractivity contribution is 0.0674. The molecule has 1 fully saturated rings. The SMILES string of the molecule is COc1cc(CN(Cc2ccccc2F)CC2CCCO2)cc(OC)c1OC. The highest BCUT2D eigenvalue weighted by molar-refractivity contribution is 5.53. The predicted octanol–water partition coefficient (Wildman–Crippen LogP) is 4.03. The fraction of sp³-hybridized carbons (Fsp3) is 0.455. The van der Waals surface area contributed by atoms with Crippen molar-refractivity contribution in [2.45, 2.75) is 32.0 Å². The van der Waals surface area contributed by atoms with Crippen molar-refractivity contribution in [3.8, 4) is 17.2 Å². The van der Waals surface area contributed by atoms with Gasteiger partial charge in [-0.2, -0.15) is 0 Å². The lowest BCUT2D eigenvalue weighted by Crippen LogP contribution is -2.31. The van der Waals surface area contributed by atoms with Crippen LogP contribution in [0.15, 0.2) is 36.4 Å². The first-order valence-corrected chi connectivity index (χ1v) is 9.50. The molecule has 1 unspecified atom stereocenters. The number of benzene rings is 2. The molecule has 0 radical (unpaired) electrons. The van der Waals surface area contributed by atoms with Gasteiger partial charge in [-0.05, 0) is 36.6 Å². The van der Waals surface area contributed by atoms with Gasteiger partial charge in [0.25, 0.3) is 0 Å². The van der Waals surface area contributed by atoms with E-state index in [-0.39, 0.29) is 11.9 Å². The Morgan fingerprint density at radius 3 is 2.32 bits per heavy atom. The summed E-state index contributed by atoms with van der Waals surface area (Å²) in [6, 6.07) is 10.8. The molecular formula is C22H28FNO4. The summed E-state index contributed by atoms with van der Waals surface area (Å²) < 4.78 is 36.4. The maximum atomic E-state index is 14.2. The second-order valence-corrected chi connectivity index (χ2v) is 6.93. The molecule has 0 spiro atoms. The monoisotopic (exact) mass is 389 g/mol. The number of nitrogens with zero attached hydrogens (tertiary/aromatic N) is 1. The van der Waals surface area contributed by atoms with Crippen molar-refractivity contribution in [3.05, 3.63) is 53.3 Å². The first-order valence-electron chi connectivity index (χ1n) is 9.50. The number of rotatable bonds is 9. The van der Waals surface area contributed by atoms with Crippen LogP contribution < -0.4 is 14.2 Å². The Labute approximate surface area is 166 Å². The van der Waals surface area contributed by atoms with Crippen molar-refractivity contribution in [1.82, 2.24) is 4.90 Å². The van der Waals surface area contributed by atoms with E-state index < -0.39 is 0 Å². The molecule has 2 aromatic rings. The van der Waals surface area contributed by atoms with Gasteiger partial charge in [-0.3, -0.25) is 4.90 Å². The third-order valence-corrected chi connectivity index (χ3v) is 4.97. The van der Waals surface area contributed by atoms with Crippen molar-refractivity contribution in [1.29, 1.82) is 0 Å². The minimum atomic E-state index is -0.190. The van der Waals surface area contributed by atoms with Crippen molar-refractivity contribution in [2.75, 3.05) is 34.5 Å². The molecule has 0 aromatic heterocycles. The molecule has 0 amide bonds. The van der Waals surface area contributed by atoms with Crippen LogP contribution in [0.25, 0.3) is 0 Å². The van der Waals surface area contributed by atoms with Crippen molar-refractivity contribution >= 4 is 0 Å². The minimum Gasteiger partial charge on any atom is -0.493 e. The Balaban J connectivity index is 1.84. The quantitative estimate of drug-likeness (QED) is 0.648. The number of ether oxygens (including phenoxy) is 4. The first kappa shape index (κ1) is 20.4. The average Bonchev–Trinajstić information content (AvgIpc) is 3.21. The molecule has 2 aromatic carbocycles. The molecule has 28 heavy (non-hydrogen) atoms. The van der Waals surface area contributed by atoms with Crippen LogP contribution in [0.5, 0.6) is 17.2 Å². The number of methoxy groups -OCH3 is 3. The molecule has 1 heterocycles. The Morgan fingerprint density at radius 2 is 1.75 bits per heavy atom. The van der Waals surface area contributed by atoms with Crippen molar-refractivity contribution in [3.63, 3.8) is 0 Å².